The first-order chi connectivity index (χ1) is 9.96. The van der Waals surface area contributed by atoms with Gasteiger partial charge in [0.25, 0.3) is 10.1 Å². The summed E-state index contributed by atoms with van der Waals surface area (Å²) in [7, 11) is -3.41. The van der Waals surface area contributed by atoms with Gasteiger partial charge in [-0.3, -0.25) is 9.08 Å². The van der Waals surface area contributed by atoms with Crippen LogP contribution in [0.15, 0.2) is 0 Å². The van der Waals surface area contributed by atoms with Crippen molar-refractivity contribution >= 4 is 16.2 Å². The molecule has 6 nitrogen and oxygen atoms in total. The second kappa shape index (κ2) is 5.67. The van der Waals surface area contributed by atoms with Gasteiger partial charge in [-0.05, 0) is 43.4 Å². The Labute approximate surface area is 133 Å². The van der Waals surface area contributed by atoms with Gasteiger partial charge in [-0.25, -0.2) is 4.79 Å². The van der Waals surface area contributed by atoms with Crippen LogP contribution in [0, 0.1) is 11.3 Å². The molecule has 0 aliphatic carbocycles. The van der Waals surface area contributed by atoms with E-state index in [0.717, 1.165) is 31.9 Å². The highest BCUT2D eigenvalue weighted by molar-refractivity contribution is 7.85. The first kappa shape index (κ1) is 17.5. The van der Waals surface area contributed by atoms with E-state index in [2.05, 4.69) is 20.8 Å². The molecular weight excluding hydrogens is 306 g/mol. The minimum Gasteiger partial charge on any atom is -0.465 e. The Balaban J connectivity index is 2.14. The number of rotatable bonds is 4. The number of piperidine rings is 1. The molecule has 0 aromatic heterocycles. The van der Waals surface area contributed by atoms with E-state index in [1.807, 2.05) is 0 Å². The Hall–Kier alpha value is -0.820. The molecule has 2 rings (SSSR count). The third-order valence-corrected chi connectivity index (χ3v) is 5.97. The maximum Gasteiger partial charge on any atom is 0.408 e. The smallest absolute Gasteiger partial charge is 0.408 e. The zero-order chi connectivity index (χ0) is 16.8. The fourth-order valence-corrected chi connectivity index (χ4v) is 4.74. The molecule has 1 N–H and O–H groups in total. The normalized spacial score (nSPS) is 32.3. The van der Waals surface area contributed by atoms with Crippen molar-refractivity contribution in [3.05, 3.63) is 0 Å². The molecule has 2 fully saturated rings. The molecule has 2 aliphatic rings. The molecular formula is C15H27NO5S. The van der Waals surface area contributed by atoms with Gasteiger partial charge >= 0.3 is 6.09 Å². The molecule has 22 heavy (non-hydrogen) atoms. The topological polar surface area (TPSA) is 83.9 Å². The average Bonchev–Trinajstić information content (AvgIpc) is 2.57. The number of amides is 1. The van der Waals surface area contributed by atoms with Crippen LogP contribution < -0.4 is 0 Å². The van der Waals surface area contributed by atoms with Gasteiger partial charge in [-0.15, -0.1) is 0 Å². The van der Waals surface area contributed by atoms with E-state index in [1.165, 1.54) is 0 Å². The van der Waals surface area contributed by atoms with Crippen molar-refractivity contribution in [3.8, 4) is 0 Å². The summed E-state index contributed by atoms with van der Waals surface area (Å²) in [4.78, 5) is 13.4. The minimum atomic E-state index is -3.41. The van der Waals surface area contributed by atoms with Crippen LogP contribution in [0.25, 0.3) is 0 Å². The second-order valence-corrected chi connectivity index (χ2v) is 9.39. The van der Waals surface area contributed by atoms with Crippen LogP contribution in [-0.2, 0) is 14.3 Å². The van der Waals surface area contributed by atoms with Gasteiger partial charge in [-0.1, -0.05) is 20.8 Å². The molecule has 3 unspecified atom stereocenters. The molecule has 3 atom stereocenters. The van der Waals surface area contributed by atoms with Crippen molar-refractivity contribution in [3.63, 3.8) is 0 Å². The largest absolute Gasteiger partial charge is 0.465 e. The zero-order valence-electron chi connectivity index (χ0n) is 13.8. The average molecular weight is 333 g/mol. The predicted octanol–water partition coefficient (Wildman–Crippen LogP) is 2.69. The van der Waals surface area contributed by atoms with Crippen molar-refractivity contribution in [2.75, 3.05) is 12.9 Å². The predicted molar refractivity (Wildman–Crippen MR) is 83.2 cm³/mol. The lowest BCUT2D eigenvalue weighted by molar-refractivity contribution is -0.0354. The molecule has 2 bridgehead atoms. The maximum atomic E-state index is 11.7. The summed E-state index contributed by atoms with van der Waals surface area (Å²) in [5, 5.41) is 9.64. The van der Waals surface area contributed by atoms with E-state index in [-0.39, 0.29) is 23.6 Å². The molecule has 0 radical (unpaired) electrons. The monoisotopic (exact) mass is 333 g/mol. The van der Waals surface area contributed by atoms with E-state index in [9.17, 15) is 18.3 Å². The molecule has 2 heterocycles. The first-order valence-corrected chi connectivity index (χ1v) is 9.64. The molecule has 2 saturated heterocycles. The van der Waals surface area contributed by atoms with Gasteiger partial charge in [-0.2, -0.15) is 8.42 Å². The van der Waals surface area contributed by atoms with E-state index in [0.29, 0.717) is 12.3 Å². The number of hydrogen-bond donors (Lipinski definition) is 1. The van der Waals surface area contributed by atoms with Gasteiger partial charge in [0.2, 0.25) is 0 Å². The van der Waals surface area contributed by atoms with Crippen molar-refractivity contribution in [2.24, 2.45) is 11.3 Å². The lowest BCUT2D eigenvalue weighted by Gasteiger charge is -2.53. The highest BCUT2D eigenvalue weighted by Gasteiger charge is 2.58. The molecule has 128 valence electrons. The van der Waals surface area contributed by atoms with Crippen molar-refractivity contribution in [2.45, 2.75) is 64.5 Å². The van der Waals surface area contributed by atoms with Gasteiger partial charge in [0, 0.05) is 6.04 Å². The van der Waals surface area contributed by atoms with Crippen LogP contribution in [0.5, 0.6) is 0 Å². The first-order valence-electron chi connectivity index (χ1n) is 7.83. The number of nitrogens with zero attached hydrogens (tertiary/aromatic N) is 1. The lowest BCUT2D eigenvalue weighted by atomic mass is 9.66. The fraction of sp³-hybridized carbons (Fsp3) is 0.933. The van der Waals surface area contributed by atoms with Crippen LogP contribution >= 0.6 is 0 Å². The van der Waals surface area contributed by atoms with Crippen LogP contribution in [0.1, 0.15) is 52.9 Å². The summed E-state index contributed by atoms with van der Waals surface area (Å²) in [5.74, 6) is 0.309. The number of carbonyl (C=O) groups is 1. The number of fused-ring (bicyclic) bond motifs is 2. The summed E-state index contributed by atoms with van der Waals surface area (Å²) in [6.07, 6.45) is 4.26. The van der Waals surface area contributed by atoms with Crippen LogP contribution in [0.3, 0.4) is 0 Å². The summed E-state index contributed by atoms with van der Waals surface area (Å²) in [5.41, 5.74) is -0.492. The molecule has 1 amide bonds. The van der Waals surface area contributed by atoms with Gasteiger partial charge in [0.1, 0.15) is 0 Å². The van der Waals surface area contributed by atoms with E-state index in [4.69, 9.17) is 4.18 Å². The Morgan fingerprint density at radius 1 is 1.41 bits per heavy atom. The Morgan fingerprint density at radius 2 is 2.05 bits per heavy atom. The van der Waals surface area contributed by atoms with E-state index >= 15 is 0 Å². The molecule has 0 aromatic rings. The second-order valence-electron chi connectivity index (χ2n) is 7.75. The summed E-state index contributed by atoms with van der Waals surface area (Å²) < 4.78 is 27.0. The van der Waals surface area contributed by atoms with Gasteiger partial charge < -0.3 is 5.11 Å². The van der Waals surface area contributed by atoms with Crippen LogP contribution in [-0.4, -0.2) is 49.0 Å². The Bertz CT molecular complexity index is 539. The molecule has 0 spiro atoms. The molecule has 0 aromatic carbocycles. The quantitative estimate of drug-likeness (QED) is 0.800. The maximum absolute atomic E-state index is 11.7. The van der Waals surface area contributed by atoms with Crippen LogP contribution in [0.2, 0.25) is 0 Å². The van der Waals surface area contributed by atoms with Crippen molar-refractivity contribution < 1.29 is 22.5 Å². The molecule has 0 saturated carbocycles. The summed E-state index contributed by atoms with van der Waals surface area (Å²) >= 11 is 0. The van der Waals surface area contributed by atoms with Crippen molar-refractivity contribution in [1.82, 2.24) is 4.90 Å². The van der Waals surface area contributed by atoms with E-state index in [1.54, 1.807) is 4.90 Å². The minimum absolute atomic E-state index is 0.0497. The highest BCUT2D eigenvalue weighted by atomic mass is 32.2. The lowest BCUT2D eigenvalue weighted by Crippen LogP contribution is -2.61. The van der Waals surface area contributed by atoms with Gasteiger partial charge in [0.15, 0.2) is 0 Å². The third-order valence-electron chi connectivity index (χ3n) is 5.37. The molecule has 2 aliphatic heterocycles. The fourth-order valence-electron chi connectivity index (χ4n) is 4.34. The van der Waals surface area contributed by atoms with E-state index < -0.39 is 16.2 Å². The summed E-state index contributed by atoms with van der Waals surface area (Å²) in [6.45, 7) is 6.48. The van der Waals surface area contributed by atoms with Gasteiger partial charge in [0.05, 0.1) is 18.4 Å². The highest BCUT2D eigenvalue weighted by Crippen LogP contribution is 2.55. The Kier molecular flexibility index (Phi) is 4.52. The SMILES string of the molecule is CC(C)(C)C12CCC(CC(CCOS(C)(=O)=O)C1)N2C(=O)O. The number of hydrogen-bond acceptors (Lipinski definition) is 4. The summed E-state index contributed by atoms with van der Waals surface area (Å²) in [6, 6.07) is 0.0497. The number of carboxylic acid groups (broad SMARTS) is 1. The van der Waals surface area contributed by atoms with Crippen molar-refractivity contribution in [1.29, 1.82) is 0 Å². The zero-order valence-corrected chi connectivity index (χ0v) is 14.6. The standard InChI is InChI=1S/C15H27NO5S/c1-14(2,3)15-7-5-12(16(15)13(17)18)9-11(10-15)6-8-21-22(4,19)20/h11-12H,5-10H2,1-4H3,(H,17,18). The third kappa shape index (κ3) is 3.25. The van der Waals surface area contributed by atoms with Crippen LogP contribution in [0.4, 0.5) is 4.79 Å². The Morgan fingerprint density at radius 3 is 2.55 bits per heavy atom. The molecule has 7 heteroatoms.